The van der Waals surface area contributed by atoms with Crippen molar-refractivity contribution in [2.45, 2.75) is 0 Å². The quantitative estimate of drug-likeness (QED) is 0.840. The lowest BCUT2D eigenvalue weighted by molar-refractivity contribution is 0.0769. The van der Waals surface area contributed by atoms with Gasteiger partial charge in [0.2, 0.25) is 0 Å². The van der Waals surface area contributed by atoms with E-state index in [0.29, 0.717) is 11.3 Å². The summed E-state index contributed by atoms with van der Waals surface area (Å²) in [6.07, 6.45) is 0. The van der Waals surface area contributed by atoms with Gasteiger partial charge in [0.15, 0.2) is 0 Å². The highest BCUT2D eigenvalue weighted by atomic mass is 79.9. The molecule has 0 bridgehead atoms. The average molecular weight is 316 g/mol. The highest BCUT2D eigenvalue weighted by Crippen LogP contribution is 2.25. The van der Waals surface area contributed by atoms with Crippen molar-refractivity contribution in [1.82, 2.24) is 4.90 Å². The first-order chi connectivity index (χ1) is 8.22. The molecule has 1 aromatic rings. The Bertz CT molecular complexity index is 419. The Labute approximate surface area is 114 Å². The van der Waals surface area contributed by atoms with E-state index in [1.165, 1.54) is 0 Å². The van der Waals surface area contributed by atoms with Crippen molar-refractivity contribution in [2.75, 3.05) is 31.7 Å². The summed E-state index contributed by atoms with van der Waals surface area (Å²) in [4.78, 5) is 14.2. The van der Waals surface area contributed by atoms with E-state index < -0.39 is 0 Å². The van der Waals surface area contributed by atoms with Gasteiger partial charge in [-0.2, -0.15) is 11.8 Å². The minimum atomic E-state index is 0.0645. The number of hydrogen-bond acceptors (Lipinski definition) is 3. The molecule has 1 amide bonds. The van der Waals surface area contributed by atoms with Gasteiger partial charge >= 0.3 is 0 Å². The predicted octanol–water partition coefficient (Wildman–Crippen LogP) is 2.65. The zero-order valence-corrected chi connectivity index (χ0v) is 12.0. The van der Waals surface area contributed by atoms with Crippen molar-refractivity contribution in [3.05, 3.63) is 28.2 Å². The number of methoxy groups -OCH3 is 1. The van der Waals surface area contributed by atoms with Gasteiger partial charge in [-0.1, -0.05) is 15.9 Å². The monoisotopic (exact) mass is 315 g/mol. The summed E-state index contributed by atoms with van der Waals surface area (Å²) >= 11 is 5.27. The number of ether oxygens (including phenoxy) is 1. The number of rotatable bonds is 2. The van der Waals surface area contributed by atoms with E-state index in [-0.39, 0.29) is 5.91 Å². The maximum Gasteiger partial charge on any atom is 0.257 e. The summed E-state index contributed by atoms with van der Waals surface area (Å²) in [5.74, 6) is 2.73. The molecule has 0 aliphatic carbocycles. The fourth-order valence-corrected chi connectivity index (χ4v) is 3.02. The highest BCUT2D eigenvalue weighted by molar-refractivity contribution is 9.10. The molecule has 1 aliphatic heterocycles. The maximum absolute atomic E-state index is 12.3. The van der Waals surface area contributed by atoms with Crippen molar-refractivity contribution in [3.63, 3.8) is 0 Å². The van der Waals surface area contributed by atoms with Crippen LogP contribution in [0.2, 0.25) is 0 Å². The lowest BCUT2D eigenvalue weighted by Crippen LogP contribution is -2.38. The molecule has 1 saturated heterocycles. The minimum absolute atomic E-state index is 0.0645. The van der Waals surface area contributed by atoms with E-state index in [9.17, 15) is 4.79 Å². The molecular formula is C12H14BrNO2S. The lowest BCUT2D eigenvalue weighted by Gasteiger charge is -2.27. The van der Waals surface area contributed by atoms with E-state index in [0.717, 1.165) is 29.1 Å². The second-order valence-electron chi connectivity index (χ2n) is 3.75. The summed E-state index contributed by atoms with van der Waals surface area (Å²) in [6.45, 7) is 1.64. The Balaban J connectivity index is 2.23. The molecule has 2 rings (SSSR count). The zero-order valence-electron chi connectivity index (χ0n) is 9.61. The van der Waals surface area contributed by atoms with Gasteiger partial charge in [0.05, 0.1) is 12.7 Å². The van der Waals surface area contributed by atoms with E-state index in [4.69, 9.17) is 4.74 Å². The van der Waals surface area contributed by atoms with Crippen LogP contribution in [0.3, 0.4) is 0 Å². The fraction of sp³-hybridized carbons (Fsp3) is 0.417. The van der Waals surface area contributed by atoms with Crippen molar-refractivity contribution in [1.29, 1.82) is 0 Å². The van der Waals surface area contributed by atoms with E-state index in [1.54, 1.807) is 7.11 Å². The Kier molecular flexibility index (Phi) is 4.34. The van der Waals surface area contributed by atoms with Gasteiger partial charge in [-0.3, -0.25) is 4.79 Å². The second kappa shape index (κ2) is 5.78. The van der Waals surface area contributed by atoms with Crippen LogP contribution in [0.5, 0.6) is 5.75 Å². The van der Waals surface area contributed by atoms with Gasteiger partial charge < -0.3 is 9.64 Å². The van der Waals surface area contributed by atoms with Crippen LogP contribution < -0.4 is 4.74 Å². The Morgan fingerprint density at radius 3 is 2.76 bits per heavy atom. The molecule has 0 aromatic heterocycles. The summed E-state index contributed by atoms with van der Waals surface area (Å²) in [5.41, 5.74) is 0.641. The number of nitrogens with zero attached hydrogens (tertiary/aromatic N) is 1. The van der Waals surface area contributed by atoms with Crippen LogP contribution in [0, 0.1) is 0 Å². The van der Waals surface area contributed by atoms with Crippen molar-refractivity contribution in [3.8, 4) is 5.75 Å². The standard InChI is InChI=1S/C12H14BrNO2S/c1-16-11-8-9(13)2-3-10(11)12(15)14-4-6-17-7-5-14/h2-3,8H,4-7H2,1H3. The van der Waals surface area contributed by atoms with Crippen LogP contribution in [-0.4, -0.2) is 42.5 Å². The zero-order chi connectivity index (χ0) is 12.3. The Morgan fingerprint density at radius 1 is 1.41 bits per heavy atom. The lowest BCUT2D eigenvalue weighted by atomic mass is 10.1. The predicted molar refractivity (Wildman–Crippen MR) is 73.9 cm³/mol. The first-order valence-electron chi connectivity index (χ1n) is 5.43. The molecule has 5 heteroatoms. The number of hydrogen-bond donors (Lipinski definition) is 0. The molecule has 17 heavy (non-hydrogen) atoms. The molecule has 0 saturated carbocycles. The molecule has 1 heterocycles. The molecule has 0 radical (unpaired) electrons. The van der Waals surface area contributed by atoms with Crippen molar-refractivity contribution in [2.24, 2.45) is 0 Å². The number of thioether (sulfide) groups is 1. The summed E-state index contributed by atoms with van der Waals surface area (Å²) < 4.78 is 6.17. The molecule has 0 atom stereocenters. The fourth-order valence-electron chi connectivity index (χ4n) is 1.78. The normalized spacial score (nSPS) is 15.8. The molecule has 0 unspecified atom stereocenters. The van der Waals surface area contributed by atoms with Crippen LogP contribution >= 0.6 is 27.7 Å². The number of carbonyl (C=O) groups is 1. The largest absolute Gasteiger partial charge is 0.496 e. The van der Waals surface area contributed by atoms with E-state index >= 15 is 0 Å². The molecule has 1 aromatic carbocycles. The second-order valence-corrected chi connectivity index (χ2v) is 5.89. The third-order valence-corrected chi connectivity index (χ3v) is 4.13. The van der Waals surface area contributed by atoms with Gasteiger partial charge in [0, 0.05) is 29.1 Å². The topological polar surface area (TPSA) is 29.5 Å². The van der Waals surface area contributed by atoms with Gasteiger partial charge in [0.1, 0.15) is 5.75 Å². The van der Waals surface area contributed by atoms with E-state index in [2.05, 4.69) is 15.9 Å². The smallest absolute Gasteiger partial charge is 0.257 e. The SMILES string of the molecule is COc1cc(Br)ccc1C(=O)N1CCSCC1. The molecule has 0 N–H and O–H groups in total. The Hall–Kier alpha value is -0.680. The van der Waals surface area contributed by atoms with Crippen LogP contribution in [0.1, 0.15) is 10.4 Å². The number of amides is 1. The molecule has 1 fully saturated rings. The number of halogens is 1. The maximum atomic E-state index is 12.3. The summed E-state index contributed by atoms with van der Waals surface area (Å²) in [7, 11) is 1.59. The molecular weight excluding hydrogens is 302 g/mol. The molecule has 0 spiro atoms. The summed E-state index contributed by atoms with van der Waals surface area (Å²) in [6, 6.07) is 5.51. The molecule has 1 aliphatic rings. The number of carbonyl (C=O) groups excluding carboxylic acids is 1. The van der Waals surface area contributed by atoms with Crippen molar-refractivity contribution >= 4 is 33.6 Å². The van der Waals surface area contributed by atoms with Gasteiger partial charge in [-0.25, -0.2) is 0 Å². The third kappa shape index (κ3) is 2.96. The average Bonchev–Trinajstić information content (AvgIpc) is 2.39. The first-order valence-corrected chi connectivity index (χ1v) is 7.37. The van der Waals surface area contributed by atoms with Gasteiger partial charge in [-0.15, -0.1) is 0 Å². The van der Waals surface area contributed by atoms with Crippen LogP contribution in [0.15, 0.2) is 22.7 Å². The summed E-state index contributed by atoms with van der Waals surface area (Å²) in [5, 5.41) is 0. The van der Waals surface area contributed by atoms with E-state index in [1.807, 2.05) is 34.9 Å². The first kappa shape index (κ1) is 12.8. The van der Waals surface area contributed by atoms with Gasteiger partial charge in [0.25, 0.3) is 5.91 Å². The number of benzene rings is 1. The highest BCUT2D eigenvalue weighted by Gasteiger charge is 2.21. The van der Waals surface area contributed by atoms with Gasteiger partial charge in [-0.05, 0) is 18.2 Å². The molecule has 92 valence electrons. The van der Waals surface area contributed by atoms with Crippen LogP contribution in [-0.2, 0) is 0 Å². The van der Waals surface area contributed by atoms with Crippen LogP contribution in [0.4, 0.5) is 0 Å². The Morgan fingerprint density at radius 2 is 2.12 bits per heavy atom. The minimum Gasteiger partial charge on any atom is -0.496 e. The molecule has 3 nitrogen and oxygen atoms in total. The van der Waals surface area contributed by atoms with Crippen LogP contribution in [0.25, 0.3) is 0 Å². The third-order valence-electron chi connectivity index (χ3n) is 2.69. The van der Waals surface area contributed by atoms with Crippen molar-refractivity contribution < 1.29 is 9.53 Å².